The lowest BCUT2D eigenvalue weighted by molar-refractivity contribution is 0.0731. The topological polar surface area (TPSA) is 35.5 Å². The Labute approximate surface area is 135 Å². The van der Waals surface area contributed by atoms with Crippen LogP contribution in [0.1, 0.15) is 24.2 Å². The molecular formula is C20H18O3. The van der Waals surface area contributed by atoms with Crippen molar-refractivity contribution in [3.8, 4) is 11.5 Å². The maximum absolute atomic E-state index is 12.6. The molecule has 0 aliphatic rings. The number of hydrogen-bond donors (Lipinski definition) is 0. The van der Waals surface area contributed by atoms with E-state index in [0.29, 0.717) is 17.1 Å². The summed E-state index contributed by atoms with van der Waals surface area (Å²) in [6, 6.07) is 20.6. The van der Waals surface area contributed by atoms with Crippen LogP contribution in [0.15, 0.2) is 66.7 Å². The molecule has 0 N–H and O–H groups in total. The second-order valence-corrected chi connectivity index (χ2v) is 5.53. The summed E-state index contributed by atoms with van der Waals surface area (Å²) in [4.78, 5) is 12.6. The summed E-state index contributed by atoms with van der Waals surface area (Å²) < 4.78 is 11.3. The number of hydrogen-bond acceptors (Lipinski definition) is 3. The second-order valence-electron chi connectivity index (χ2n) is 5.53. The van der Waals surface area contributed by atoms with Gasteiger partial charge in [0, 0.05) is 5.39 Å². The lowest BCUT2D eigenvalue weighted by Crippen LogP contribution is -2.13. The van der Waals surface area contributed by atoms with Gasteiger partial charge in [0.25, 0.3) is 0 Å². The maximum atomic E-state index is 12.6. The van der Waals surface area contributed by atoms with Gasteiger partial charge in [0.15, 0.2) is 0 Å². The van der Waals surface area contributed by atoms with Crippen LogP contribution >= 0.6 is 0 Å². The first-order valence-corrected chi connectivity index (χ1v) is 7.61. The van der Waals surface area contributed by atoms with Crippen molar-refractivity contribution in [2.24, 2.45) is 0 Å². The summed E-state index contributed by atoms with van der Waals surface area (Å²) in [5.41, 5.74) is 0.425. The lowest BCUT2D eigenvalue weighted by atomic mass is 10.1. The third-order valence-corrected chi connectivity index (χ3v) is 3.42. The minimum absolute atomic E-state index is 0.0125. The second kappa shape index (κ2) is 6.53. The summed E-state index contributed by atoms with van der Waals surface area (Å²) in [5.74, 6) is 0.665. The highest BCUT2D eigenvalue weighted by Crippen LogP contribution is 2.27. The molecule has 3 aromatic rings. The van der Waals surface area contributed by atoms with E-state index in [2.05, 4.69) is 0 Å². The molecule has 3 heteroatoms. The third-order valence-electron chi connectivity index (χ3n) is 3.42. The monoisotopic (exact) mass is 306 g/mol. The Kier molecular flexibility index (Phi) is 4.29. The fourth-order valence-corrected chi connectivity index (χ4v) is 2.43. The van der Waals surface area contributed by atoms with Gasteiger partial charge in [-0.2, -0.15) is 0 Å². The molecule has 0 aromatic heterocycles. The average molecular weight is 306 g/mol. The van der Waals surface area contributed by atoms with Crippen molar-refractivity contribution in [3.05, 3.63) is 72.3 Å². The molecule has 3 rings (SSSR count). The van der Waals surface area contributed by atoms with Gasteiger partial charge in [-0.1, -0.05) is 48.5 Å². The predicted molar refractivity (Wildman–Crippen MR) is 91.1 cm³/mol. The Morgan fingerprint density at radius 2 is 1.48 bits per heavy atom. The molecule has 116 valence electrons. The number of carbonyl (C=O) groups is 1. The Hall–Kier alpha value is -2.81. The van der Waals surface area contributed by atoms with E-state index in [-0.39, 0.29) is 6.10 Å². The highest BCUT2D eigenvalue weighted by Gasteiger charge is 2.16. The highest BCUT2D eigenvalue weighted by molar-refractivity contribution is 5.97. The first kappa shape index (κ1) is 15.1. The van der Waals surface area contributed by atoms with Crippen molar-refractivity contribution in [2.75, 3.05) is 0 Å². The Morgan fingerprint density at radius 3 is 2.30 bits per heavy atom. The molecule has 0 fully saturated rings. The predicted octanol–water partition coefficient (Wildman–Crippen LogP) is 4.85. The normalized spacial score (nSPS) is 10.7. The quantitative estimate of drug-likeness (QED) is 0.511. The standard InChI is InChI=1S/C20H18O3/c1-14(2)22-19-12-6-5-11-17(19)20(21)23-18-13-7-9-15-8-3-4-10-16(15)18/h3-14H,1-2H3. The van der Waals surface area contributed by atoms with Crippen LogP contribution in [0, 0.1) is 0 Å². The van der Waals surface area contributed by atoms with Gasteiger partial charge < -0.3 is 9.47 Å². The molecule has 0 amide bonds. The number of ether oxygens (including phenoxy) is 2. The fourth-order valence-electron chi connectivity index (χ4n) is 2.43. The molecule has 0 atom stereocenters. The molecule has 3 aromatic carbocycles. The lowest BCUT2D eigenvalue weighted by Gasteiger charge is -2.14. The van der Waals surface area contributed by atoms with Crippen molar-refractivity contribution in [1.29, 1.82) is 0 Å². The molecular weight excluding hydrogens is 288 g/mol. The third kappa shape index (κ3) is 3.34. The number of rotatable bonds is 4. The molecule has 23 heavy (non-hydrogen) atoms. The van der Waals surface area contributed by atoms with E-state index in [1.54, 1.807) is 24.3 Å². The van der Waals surface area contributed by atoms with Gasteiger partial charge in [-0.25, -0.2) is 4.79 Å². The number of carbonyl (C=O) groups excluding carboxylic acids is 1. The Balaban J connectivity index is 1.93. The summed E-state index contributed by atoms with van der Waals surface area (Å²) in [6.45, 7) is 3.85. The van der Waals surface area contributed by atoms with Crippen LogP contribution in [0.5, 0.6) is 11.5 Å². The van der Waals surface area contributed by atoms with Crippen LogP contribution in [0.3, 0.4) is 0 Å². The van der Waals surface area contributed by atoms with Gasteiger partial charge >= 0.3 is 5.97 Å². The SMILES string of the molecule is CC(C)Oc1ccccc1C(=O)Oc1cccc2ccccc12. The molecule has 0 spiro atoms. The van der Waals surface area contributed by atoms with E-state index in [0.717, 1.165) is 10.8 Å². The molecule has 0 saturated heterocycles. The molecule has 0 heterocycles. The molecule has 0 unspecified atom stereocenters. The van der Waals surface area contributed by atoms with Crippen LogP contribution in [-0.4, -0.2) is 12.1 Å². The number of fused-ring (bicyclic) bond motifs is 1. The van der Waals surface area contributed by atoms with E-state index >= 15 is 0 Å². The van der Waals surface area contributed by atoms with Crippen LogP contribution in [-0.2, 0) is 0 Å². The van der Waals surface area contributed by atoms with Gasteiger partial charge in [-0.3, -0.25) is 0 Å². The number of esters is 1. The summed E-state index contributed by atoms with van der Waals surface area (Å²) in [5, 5.41) is 1.94. The Morgan fingerprint density at radius 1 is 0.826 bits per heavy atom. The molecule has 0 aliphatic heterocycles. The largest absolute Gasteiger partial charge is 0.490 e. The highest BCUT2D eigenvalue weighted by atomic mass is 16.5. The van der Waals surface area contributed by atoms with Crippen LogP contribution in [0.4, 0.5) is 0 Å². The molecule has 3 nitrogen and oxygen atoms in total. The minimum Gasteiger partial charge on any atom is -0.490 e. The van der Waals surface area contributed by atoms with Crippen molar-refractivity contribution in [2.45, 2.75) is 20.0 Å². The van der Waals surface area contributed by atoms with Crippen molar-refractivity contribution < 1.29 is 14.3 Å². The summed E-state index contributed by atoms with van der Waals surface area (Å²) in [7, 11) is 0. The van der Waals surface area contributed by atoms with Gasteiger partial charge in [0.2, 0.25) is 0 Å². The molecule has 0 radical (unpaired) electrons. The zero-order chi connectivity index (χ0) is 16.2. The zero-order valence-electron chi connectivity index (χ0n) is 13.2. The van der Waals surface area contributed by atoms with Crippen LogP contribution in [0.2, 0.25) is 0 Å². The van der Waals surface area contributed by atoms with E-state index in [9.17, 15) is 4.79 Å². The van der Waals surface area contributed by atoms with Crippen molar-refractivity contribution >= 4 is 16.7 Å². The first-order valence-electron chi connectivity index (χ1n) is 7.61. The van der Waals surface area contributed by atoms with Gasteiger partial charge in [-0.15, -0.1) is 0 Å². The molecule has 0 aliphatic carbocycles. The molecule has 0 saturated carbocycles. The van der Waals surface area contributed by atoms with E-state index in [1.165, 1.54) is 0 Å². The zero-order valence-corrected chi connectivity index (χ0v) is 13.2. The molecule has 0 bridgehead atoms. The van der Waals surface area contributed by atoms with Gasteiger partial charge in [0.05, 0.1) is 6.10 Å². The van der Waals surface area contributed by atoms with E-state index in [4.69, 9.17) is 9.47 Å². The van der Waals surface area contributed by atoms with Crippen LogP contribution < -0.4 is 9.47 Å². The Bertz CT molecular complexity index is 832. The fraction of sp³-hybridized carbons (Fsp3) is 0.150. The summed E-state index contributed by atoms with van der Waals surface area (Å²) >= 11 is 0. The number of benzene rings is 3. The van der Waals surface area contributed by atoms with Crippen molar-refractivity contribution in [3.63, 3.8) is 0 Å². The van der Waals surface area contributed by atoms with Gasteiger partial charge in [-0.05, 0) is 37.4 Å². The minimum atomic E-state index is -0.419. The van der Waals surface area contributed by atoms with Crippen molar-refractivity contribution in [1.82, 2.24) is 0 Å². The number of para-hydroxylation sites is 1. The smallest absolute Gasteiger partial charge is 0.347 e. The van der Waals surface area contributed by atoms with E-state index < -0.39 is 5.97 Å². The average Bonchev–Trinajstić information content (AvgIpc) is 2.55. The van der Waals surface area contributed by atoms with E-state index in [1.807, 2.05) is 56.3 Å². The van der Waals surface area contributed by atoms with Crippen LogP contribution in [0.25, 0.3) is 10.8 Å². The summed E-state index contributed by atoms with van der Waals surface area (Å²) in [6.07, 6.45) is -0.0125. The van der Waals surface area contributed by atoms with Gasteiger partial charge in [0.1, 0.15) is 17.1 Å². The first-order chi connectivity index (χ1) is 11.1. The maximum Gasteiger partial charge on any atom is 0.347 e.